The summed E-state index contributed by atoms with van der Waals surface area (Å²) in [6, 6.07) is 5.64. The maximum absolute atomic E-state index is 13.4. The first-order valence-corrected chi connectivity index (χ1v) is 12.3. The molecule has 0 bridgehead atoms. The van der Waals surface area contributed by atoms with Crippen molar-refractivity contribution in [3.63, 3.8) is 0 Å². The van der Waals surface area contributed by atoms with Crippen molar-refractivity contribution < 1.29 is 14.0 Å². The summed E-state index contributed by atoms with van der Waals surface area (Å²) in [5.74, 6) is 6.44. The van der Waals surface area contributed by atoms with Crippen molar-refractivity contribution in [3.05, 3.63) is 54.0 Å². The van der Waals surface area contributed by atoms with Gasteiger partial charge in [0.15, 0.2) is 0 Å². The number of hydrogen-bond donors (Lipinski definition) is 3. The standard InChI is InChI=1S/C27H34FN7O2/c1-29-25-20(19-31-27(33-25)32-22-12-7-11-21(28)18-22)10-5-4-6-15-30-26(37)23-13-8-17-35(23)24(36)14-9-16-34(2)3/h7,9,11-12,14,18-19,23H,4,6,8,13,15-17H2,1-3H3,(H,30,37)(H2,29,31,32,33)/b14-9+/t23-/m0/s1. The summed E-state index contributed by atoms with van der Waals surface area (Å²) in [4.78, 5) is 37.4. The first kappa shape index (κ1) is 27.6. The van der Waals surface area contributed by atoms with E-state index < -0.39 is 6.04 Å². The molecule has 1 aromatic carbocycles. The predicted octanol–water partition coefficient (Wildman–Crippen LogP) is 2.76. The van der Waals surface area contributed by atoms with E-state index in [-0.39, 0.29) is 17.6 Å². The Labute approximate surface area is 217 Å². The number of nitrogens with one attached hydrogen (secondary N) is 3. The van der Waals surface area contributed by atoms with E-state index in [9.17, 15) is 14.0 Å². The molecule has 3 N–H and O–H groups in total. The van der Waals surface area contributed by atoms with Gasteiger partial charge in [-0.2, -0.15) is 4.98 Å². The van der Waals surface area contributed by atoms with Gasteiger partial charge in [0.2, 0.25) is 17.8 Å². The number of nitrogens with zero attached hydrogens (tertiary/aromatic N) is 4. The van der Waals surface area contributed by atoms with Gasteiger partial charge in [0.1, 0.15) is 17.7 Å². The number of benzene rings is 1. The van der Waals surface area contributed by atoms with Crippen LogP contribution in [-0.4, -0.2) is 78.4 Å². The molecule has 0 saturated carbocycles. The minimum Gasteiger partial charge on any atom is -0.372 e. The van der Waals surface area contributed by atoms with Crippen molar-refractivity contribution in [2.75, 3.05) is 51.4 Å². The lowest BCUT2D eigenvalue weighted by Crippen LogP contribution is -2.45. The van der Waals surface area contributed by atoms with Crippen molar-refractivity contribution in [1.82, 2.24) is 25.1 Å². The fourth-order valence-corrected chi connectivity index (χ4v) is 3.85. The van der Waals surface area contributed by atoms with Gasteiger partial charge in [-0.05, 0) is 51.6 Å². The molecule has 9 nitrogen and oxygen atoms in total. The highest BCUT2D eigenvalue weighted by molar-refractivity contribution is 5.93. The number of amides is 2. The highest BCUT2D eigenvalue weighted by Crippen LogP contribution is 2.19. The van der Waals surface area contributed by atoms with Crippen LogP contribution in [-0.2, 0) is 9.59 Å². The number of anilines is 3. The van der Waals surface area contributed by atoms with Gasteiger partial charge in [-0.3, -0.25) is 9.59 Å². The number of rotatable bonds is 10. The molecule has 0 spiro atoms. The van der Waals surface area contributed by atoms with Crippen LogP contribution in [0.5, 0.6) is 0 Å². The lowest BCUT2D eigenvalue weighted by atomic mass is 10.2. The monoisotopic (exact) mass is 507 g/mol. The lowest BCUT2D eigenvalue weighted by molar-refractivity contribution is -0.135. The third-order valence-corrected chi connectivity index (χ3v) is 5.68. The van der Waals surface area contributed by atoms with E-state index >= 15 is 0 Å². The summed E-state index contributed by atoms with van der Waals surface area (Å²) in [5, 5.41) is 8.90. The highest BCUT2D eigenvalue weighted by Gasteiger charge is 2.32. The van der Waals surface area contributed by atoms with Crippen LogP contribution in [0.15, 0.2) is 42.6 Å². The van der Waals surface area contributed by atoms with Crippen molar-refractivity contribution in [3.8, 4) is 11.8 Å². The molecule has 2 aromatic rings. The molecule has 10 heteroatoms. The fourth-order valence-electron chi connectivity index (χ4n) is 3.85. The molecule has 0 unspecified atom stereocenters. The molecule has 0 aliphatic carbocycles. The summed E-state index contributed by atoms with van der Waals surface area (Å²) in [6.45, 7) is 1.75. The van der Waals surface area contributed by atoms with Gasteiger partial charge >= 0.3 is 0 Å². The van der Waals surface area contributed by atoms with E-state index in [1.807, 2.05) is 25.1 Å². The molecule has 1 saturated heterocycles. The minimum absolute atomic E-state index is 0.118. The van der Waals surface area contributed by atoms with E-state index in [2.05, 4.69) is 37.8 Å². The Morgan fingerprint density at radius 2 is 2.16 bits per heavy atom. The molecule has 0 radical (unpaired) electrons. The maximum Gasteiger partial charge on any atom is 0.246 e. The maximum atomic E-state index is 13.4. The molecule has 1 fully saturated rings. The Bertz CT molecular complexity index is 1170. The molecule has 196 valence electrons. The second kappa shape index (κ2) is 13.9. The van der Waals surface area contributed by atoms with E-state index in [1.165, 1.54) is 12.1 Å². The molecular weight excluding hydrogens is 473 g/mol. The SMILES string of the molecule is CNc1nc(Nc2cccc(F)c2)ncc1C#CCCCNC(=O)[C@@H]1CCCN1C(=O)/C=C/CN(C)C. The topological polar surface area (TPSA) is 102 Å². The van der Waals surface area contributed by atoms with Gasteiger partial charge in [-0.1, -0.05) is 24.0 Å². The molecule has 37 heavy (non-hydrogen) atoms. The Kier molecular flexibility index (Phi) is 10.4. The van der Waals surface area contributed by atoms with E-state index in [4.69, 9.17) is 0 Å². The zero-order chi connectivity index (χ0) is 26.6. The van der Waals surface area contributed by atoms with Gasteiger partial charge in [0.05, 0.1) is 11.8 Å². The number of hydrogen-bond acceptors (Lipinski definition) is 7. The summed E-state index contributed by atoms with van der Waals surface area (Å²) in [6.07, 6.45) is 7.72. The summed E-state index contributed by atoms with van der Waals surface area (Å²) >= 11 is 0. The molecular formula is C27H34FN7O2. The third-order valence-electron chi connectivity index (χ3n) is 5.68. The van der Waals surface area contributed by atoms with Crippen LogP contribution >= 0.6 is 0 Å². The first-order valence-electron chi connectivity index (χ1n) is 12.3. The summed E-state index contributed by atoms with van der Waals surface area (Å²) < 4.78 is 13.4. The number of carbonyl (C=O) groups excluding carboxylic acids is 2. The van der Waals surface area contributed by atoms with Crippen LogP contribution in [0, 0.1) is 17.7 Å². The number of unbranched alkanes of at least 4 members (excludes halogenated alkanes) is 1. The van der Waals surface area contributed by atoms with E-state index in [1.54, 1.807) is 36.4 Å². The van der Waals surface area contributed by atoms with Crippen LogP contribution in [0.2, 0.25) is 0 Å². The number of carbonyl (C=O) groups is 2. The predicted molar refractivity (Wildman–Crippen MR) is 143 cm³/mol. The fraction of sp³-hybridized carbons (Fsp3) is 0.407. The van der Waals surface area contributed by atoms with Gasteiger partial charge in [-0.25, -0.2) is 9.37 Å². The minimum atomic E-state index is -0.419. The Morgan fingerprint density at radius 3 is 2.92 bits per heavy atom. The average Bonchev–Trinajstić information content (AvgIpc) is 3.36. The number of aromatic nitrogens is 2. The normalized spacial score (nSPS) is 14.9. The number of likely N-dealkylation sites (N-methyl/N-ethyl adjacent to an activating group) is 1. The van der Waals surface area contributed by atoms with Gasteiger partial charge < -0.3 is 25.8 Å². The zero-order valence-electron chi connectivity index (χ0n) is 21.6. The van der Waals surface area contributed by atoms with Crippen LogP contribution in [0.3, 0.4) is 0 Å². The van der Waals surface area contributed by atoms with Gasteiger partial charge in [0.25, 0.3) is 0 Å². The molecule has 3 rings (SSSR count). The molecule has 1 aliphatic heterocycles. The van der Waals surface area contributed by atoms with Crippen LogP contribution in [0.1, 0.15) is 31.2 Å². The van der Waals surface area contributed by atoms with Gasteiger partial charge in [0, 0.05) is 44.9 Å². The summed E-state index contributed by atoms with van der Waals surface area (Å²) in [7, 11) is 5.61. The zero-order valence-corrected chi connectivity index (χ0v) is 21.6. The molecule has 2 heterocycles. The van der Waals surface area contributed by atoms with E-state index in [0.29, 0.717) is 61.9 Å². The number of halogens is 1. The summed E-state index contributed by atoms with van der Waals surface area (Å²) in [5.41, 5.74) is 1.19. The average molecular weight is 508 g/mol. The Balaban J connectivity index is 1.45. The van der Waals surface area contributed by atoms with Crippen LogP contribution < -0.4 is 16.0 Å². The van der Waals surface area contributed by atoms with Crippen LogP contribution in [0.4, 0.5) is 21.8 Å². The Morgan fingerprint density at radius 1 is 1.32 bits per heavy atom. The first-order chi connectivity index (χ1) is 17.9. The lowest BCUT2D eigenvalue weighted by Gasteiger charge is -2.22. The van der Waals surface area contributed by atoms with Crippen molar-refractivity contribution in [2.24, 2.45) is 0 Å². The second-order valence-corrected chi connectivity index (χ2v) is 8.89. The smallest absolute Gasteiger partial charge is 0.246 e. The second-order valence-electron chi connectivity index (χ2n) is 8.89. The third kappa shape index (κ3) is 8.58. The van der Waals surface area contributed by atoms with Crippen molar-refractivity contribution >= 4 is 29.3 Å². The quantitative estimate of drug-likeness (QED) is 0.258. The molecule has 1 aliphatic rings. The van der Waals surface area contributed by atoms with Crippen molar-refractivity contribution in [1.29, 1.82) is 0 Å². The van der Waals surface area contributed by atoms with Gasteiger partial charge in [-0.15, -0.1) is 0 Å². The van der Waals surface area contributed by atoms with E-state index in [0.717, 1.165) is 6.42 Å². The van der Waals surface area contributed by atoms with Crippen LogP contribution in [0.25, 0.3) is 0 Å². The highest BCUT2D eigenvalue weighted by atomic mass is 19.1. The molecule has 1 aromatic heterocycles. The number of likely N-dealkylation sites (tertiary alicyclic amines) is 1. The Hall–Kier alpha value is -3.97. The molecule has 2 amide bonds. The largest absolute Gasteiger partial charge is 0.372 e. The van der Waals surface area contributed by atoms with Crippen molar-refractivity contribution in [2.45, 2.75) is 31.7 Å². The molecule has 1 atom stereocenters.